The maximum absolute atomic E-state index is 12.7. The van der Waals surface area contributed by atoms with Crippen molar-refractivity contribution in [1.29, 1.82) is 0 Å². The van der Waals surface area contributed by atoms with Crippen LogP contribution in [0, 0.1) is 0 Å². The number of rotatable bonds is 5. The van der Waals surface area contributed by atoms with E-state index < -0.39 is 0 Å². The quantitative estimate of drug-likeness (QED) is 0.701. The zero-order valence-electron chi connectivity index (χ0n) is 14.1. The van der Waals surface area contributed by atoms with Crippen LogP contribution in [0.3, 0.4) is 0 Å². The van der Waals surface area contributed by atoms with Gasteiger partial charge in [-0.25, -0.2) is 4.90 Å². The summed E-state index contributed by atoms with van der Waals surface area (Å²) in [5.74, 6) is 0.405. The van der Waals surface area contributed by atoms with Crippen molar-refractivity contribution < 1.29 is 14.3 Å². The van der Waals surface area contributed by atoms with Crippen LogP contribution < -0.4 is 9.64 Å². The van der Waals surface area contributed by atoms with Crippen LogP contribution in [0.15, 0.2) is 59.5 Å². The standard InChI is InChI=1S/C20H19NO3S/c1-3-14(2)24-17-12-8-7-9-15(17)13-18-19(22)21(20(23)25-18)16-10-5-4-6-11-16/h4-14H,3H2,1-2H3/b18-13+/t14-/m0/s1. The van der Waals surface area contributed by atoms with E-state index in [1.165, 1.54) is 4.90 Å². The van der Waals surface area contributed by atoms with E-state index in [0.717, 1.165) is 23.7 Å². The number of benzene rings is 2. The summed E-state index contributed by atoms with van der Waals surface area (Å²) in [5.41, 5.74) is 1.37. The third-order valence-electron chi connectivity index (χ3n) is 3.92. The summed E-state index contributed by atoms with van der Waals surface area (Å²) < 4.78 is 5.91. The highest BCUT2D eigenvalue weighted by Crippen LogP contribution is 2.36. The first-order valence-electron chi connectivity index (χ1n) is 8.19. The second-order valence-corrected chi connectivity index (χ2v) is 6.72. The van der Waals surface area contributed by atoms with E-state index in [1.807, 2.05) is 37.3 Å². The fourth-order valence-corrected chi connectivity index (χ4v) is 3.25. The maximum Gasteiger partial charge on any atom is 0.298 e. The fraction of sp³-hybridized carbons (Fsp3) is 0.200. The molecule has 0 aromatic heterocycles. The van der Waals surface area contributed by atoms with Gasteiger partial charge in [-0.1, -0.05) is 43.3 Å². The lowest BCUT2D eigenvalue weighted by Gasteiger charge is -2.15. The third kappa shape index (κ3) is 3.77. The maximum atomic E-state index is 12.7. The molecular formula is C20H19NO3S. The van der Waals surface area contributed by atoms with E-state index in [-0.39, 0.29) is 17.3 Å². The van der Waals surface area contributed by atoms with E-state index in [9.17, 15) is 9.59 Å². The van der Waals surface area contributed by atoms with E-state index in [1.54, 1.807) is 30.3 Å². The van der Waals surface area contributed by atoms with Crippen molar-refractivity contribution >= 4 is 34.7 Å². The summed E-state index contributed by atoms with van der Waals surface area (Å²) >= 11 is 0.948. The molecule has 0 aliphatic carbocycles. The molecule has 1 aliphatic heterocycles. The van der Waals surface area contributed by atoms with E-state index >= 15 is 0 Å². The van der Waals surface area contributed by atoms with Gasteiger partial charge < -0.3 is 4.74 Å². The first kappa shape index (κ1) is 17.3. The number of imide groups is 1. The number of amides is 2. The van der Waals surface area contributed by atoms with Gasteiger partial charge in [-0.05, 0) is 49.4 Å². The first-order chi connectivity index (χ1) is 12.1. The molecule has 1 fully saturated rings. The highest BCUT2D eigenvalue weighted by Gasteiger charge is 2.36. The van der Waals surface area contributed by atoms with Gasteiger partial charge in [0.2, 0.25) is 0 Å². The fourth-order valence-electron chi connectivity index (χ4n) is 2.42. The highest BCUT2D eigenvalue weighted by molar-refractivity contribution is 8.19. The van der Waals surface area contributed by atoms with Crippen LogP contribution in [0.5, 0.6) is 5.75 Å². The molecule has 0 bridgehead atoms. The molecule has 1 aliphatic rings. The Morgan fingerprint density at radius 1 is 1.08 bits per heavy atom. The van der Waals surface area contributed by atoms with E-state index in [2.05, 4.69) is 6.92 Å². The normalized spacial score (nSPS) is 17.2. The van der Waals surface area contributed by atoms with Gasteiger partial charge in [0.1, 0.15) is 5.75 Å². The van der Waals surface area contributed by atoms with Crippen molar-refractivity contribution in [1.82, 2.24) is 0 Å². The molecule has 4 nitrogen and oxygen atoms in total. The van der Waals surface area contributed by atoms with Crippen LogP contribution in [0.2, 0.25) is 0 Å². The average Bonchev–Trinajstić information content (AvgIpc) is 2.90. The van der Waals surface area contributed by atoms with Crippen molar-refractivity contribution in [3.63, 3.8) is 0 Å². The van der Waals surface area contributed by atoms with Gasteiger partial charge in [0.25, 0.3) is 11.1 Å². The van der Waals surface area contributed by atoms with Crippen LogP contribution in [0.25, 0.3) is 6.08 Å². The lowest BCUT2D eigenvalue weighted by Crippen LogP contribution is -2.27. The lowest BCUT2D eigenvalue weighted by atomic mass is 10.1. The van der Waals surface area contributed by atoms with Gasteiger partial charge in [0.05, 0.1) is 16.7 Å². The molecule has 3 rings (SSSR count). The number of para-hydroxylation sites is 2. The minimum atomic E-state index is -0.306. The van der Waals surface area contributed by atoms with Crippen molar-refractivity contribution in [2.24, 2.45) is 0 Å². The Morgan fingerprint density at radius 3 is 2.48 bits per heavy atom. The monoisotopic (exact) mass is 353 g/mol. The molecule has 2 aromatic rings. The van der Waals surface area contributed by atoms with E-state index in [0.29, 0.717) is 16.3 Å². The summed E-state index contributed by atoms with van der Waals surface area (Å²) in [6.45, 7) is 4.05. The molecule has 5 heteroatoms. The number of nitrogens with zero attached hydrogens (tertiary/aromatic N) is 1. The molecule has 2 aromatic carbocycles. The number of hydrogen-bond donors (Lipinski definition) is 0. The van der Waals surface area contributed by atoms with Crippen LogP contribution >= 0.6 is 11.8 Å². The molecular weight excluding hydrogens is 334 g/mol. The summed E-state index contributed by atoms with van der Waals surface area (Å²) in [6, 6.07) is 16.5. The Hall–Kier alpha value is -2.53. The number of ether oxygens (including phenoxy) is 1. The molecule has 1 heterocycles. The molecule has 0 spiro atoms. The van der Waals surface area contributed by atoms with Crippen LogP contribution in [-0.4, -0.2) is 17.3 Å². The zero-order valence-corrected chi connectivity index (χ0v) is 15.0. The van der Waals surface area contributed by atoms with Crippen LogP contribution in [0.4, 0.5) is 10.5 Å². The second-order valence-electron chi connectivity index (χ2n) is 5.73. The van der Waals surface area contributed by atoms with Gasteiger partial charge in [-0.2, -0.15) is 0 Å². The van der Waals surface area contributed by atoms with Crippen molar-refractivity contribution in [3.8, 4) is 5.75 Å². The van der Waals surface area contributed by atoms with Crippen LogP contribution in [0.1, 0.15) is 25.8 Å². The predicted molar refractivity (Wildman–Crippen MR) is 102 cm³/mol. The van der Waals surface area contributed by atoms with Crippen LogP contribution in [-0.2, 0) is 4.79 Å². The Kier molecular flexibility index (Phi) is 5.24. The smallest absolute Gasteiger partial charge is 0.298 e. The minimum absolute atomic E-state index is 0.0777. The number of thioether (sulfide) groups is 1. The second kappa shape index (κ2) is 7.57. The Morgan fingerprint density at radius 2 is 1.76 bits per heavy atom. The number of hydrogen-bond acceptors (Lipinski definition) is 4. The largest absolute Gasteiger partial charge is 0.490 e. The van der Waals surface area contributed by atoms with Gasteiger partial charge in [0.15, 0.2) is 0 Å². The summed E-state index contributed by atoms with van der Waals surface area (Å²) in [5, 5.41) is -0.289. The predicted octanol–water partition coefficient (Wildman–Crippen LogP) is 5.10. The molecule has 2 amide bonds. The van der Waals surface area contributed by atoms with Crippen molar-refractivity contribution in [3.05, 3.63) is 65.1 Å². The summed E-state index contributed by atoms with van der Waals surface area (Å²) in [7, 11) is 0. The average molecular weight is 353 g/mol. The minimum Gasteiger partial charge on any atom is -0.490 e. The number of carbonyl (C=O) groups is 2. The SMILES string of the molecule is CC[C@H](C)Oc1ccccc1/C=C1/SC(=O)N(c2ccccc2)C1=O. The molecule has 0 N–H and O–H groups in total. The Labute approximate surface area is 151 Å². The molecule has 1 saturated heterocycles. The lowest BCUT2D eigenvalue weighted by molar-refractivity contribution is -0.113. The van der Waals surface area contributed by atoms with Gasteiger partial charge >= 0.3 is 0 Å². The van der Waals surface area contributed by atoms with Gasteiger partial charge in [-0.15, -0.1) is 0 Å². The van der Waals surface area contributed by atoms with Gasteiger partial charge in [0, 0.05) is 5.56 Å². The third-order valence-corrected chi connectivity index (χ3v) is 4.79. The van der Waals surface area contributed by atoms with Crippen molar-refractivity contribution in [2.45, 2.75) is 26.4 Å². The number of anilines is 1. The first-order valence-corrected chi connectivity index (χ1v) is 9.00. The van der Waals surface area contributed by atoms with Crippen molar-refractivity contribution in [2.75, 3.05) is 4.90 Å². The molecule has 0 unspecified atom stereocenters. The molecule has 0 radical (unpaired) electrons. The molecule has 1 atom stereocenters. The Balaban J connectivity index is 1.91. The zero-order chi connectivity index (χ0) is 17.8. The molecule has 128 valence electrons. The summed E-state index contributed by atoms with van der Waals surface area (Å²) in [6.07, 6.45) is 2.69. The van der Waals surface area contributed by atoms with Gasteiger partial charge in [-0.3, -0.25) is 9.59 Å². The topological polar surface area (TPSA) is 46.6 Å². The number of carbonyl (C=O) groups excluding carboxylic acids is 2. The molecule has 25 heavy (non-hydrogen) atoms. The molecule has 0 saturated carbocycles. The Bertz CT molecular complexity index is 817. The summed E-state index contributed by atoms with van der Waals surface area (Å²) in [4.78, 5) is 26.6. The van der Waals surface area contributed by atoms with E-state index in [4.69, 9.17) is 4.74 Å². The highest BCUT2D eigenvalue weighted by atomic mass is 32.2.